The Morgan fingerprint density at radius 1 is 1.50 bits per heavy atom. The average molecular weight is 180 g/mol. The van der Waals surface area contributed by atoms with Crippen LogP contribution in [-0.2, 0) is 0 Å². The zero-order valence-corrected chi connectivity index (χ0v) is 7.66. The van der Waals surface area contributed by atoms with Gasteiger partial charge in [-0.25, -0.2) is 4.39 Å². The molecule has 0 N–H and O–H groups in total. The Bertz CT molecular complexity index is 333. The molecule has 62 valence electrons. The molecule has 0 fully saturated rings. The van der Waals surface area contributed by atoms with E-state index in [1.807, 2.05) is 13.0 Å². The van der Waals surface area contributed by atoms with E-state index in [0.717, 1.165) is 5.56 Å². The highest BCUT2D eigenvalue weighted by Gasteiger charge is 1.96. The van der Waals surface area contributed by atoms with Crippen molar-refractivity contribution in [2.24, 2.45) is 0 Å². The van der Waals surface area contributed by atoms with E-state index in [4.69, 9.17) is 0 Å². The number of halogens is 1. The lowest BCUT2D eigenvalue weighted by molar-refractivity contribution is 0.623. The fourth-order valence-corrected chi connectivity index (χ4v) is 0.935. The number of rotatable bonds is 0. The smallest absolute Gasteiger partial charge is 0.139 e. The van der Waals surface area contributed by atoms with Crippen LogP contribution in [0.3, 0.4) is 0 Å². The van der Waals surface area contributed by atoms with E-state index in [0.29, 0.717) is 11.3 Å². The molecule has 0 bridgehead atoms. The van der Waals surface area contributed by atoms with Crippen LogP contribution in [0.15, 0.2) is 18.2 Å². The first-order valence-corrected chi connectivity index (χ1v) is 4.23. The third-order valence-electron chi connectivity index (χ3n) is 1.43. The van der Waals surface area contributed by atoms with Gasteiger partial charge in [0.1, 0.15) is 5.82 Å². The van der Waals surface area contributed by atoms with E-state index in [2.05, 4.69) is 24.5 Å². The van der Waals surface area contributed by atoms with Gasteiger partial charge in [-0.05, 0) is 24.6 Å². The van der Waals surface area contributed by atoms with E-state index in [9.17, 15) is 4.39 Å². The van der Waals surface area contributed by atoms with Gasteiger partial charge in [-0.1, -0.05) is 17.9 Å². The van der Waals surface area contributed by atoms with Crippen LogP contribution in [0.5, 0.6) is 0 Å². The Balaban J connectivity index is 3.01. The summed E-state index contributed by atoms with van der Waals surface area (Å²) in [6, 6.07) is 5.00. The minimum Gasteiger partial charge on any atom is -0.206 e. The third kappa shape index (κ3) is 2.28. The fourth-order valence-electron chi connectivity index (χ4n) is 0.856. The minimum absolute atomic E-state index is 0.260. The molecule has 1 aromatic carbocycles. The Labute approximate surface area is 77.2 Å². The molecule has 0 radical (unpaired) electrons. The lowest BCUT2D eigenvalue weighted by Crippen LogP contribution is -1.84. The van der Waals surface area contributed by atoms with E-state index in [1.165, 1.54) is 6.07 Å². The lowest BCUT2D eigenvalue weighted by atomic mass is 10.1. The van der Waals surface area contributed by atoms with Crippen LogP contribution in [0.25, 0.3) is 0 Å². The van der Waals surface area contributed by atoms with Crippen molar-refractivity contribution in [1.82, 2.24) is 0 Å². The van der Waals surface area contributed by atoms with Gasteiger partial charge in [-0.2, -0.15) is 12.6 Å². The van der Waals surface area contributed by atoms with Crippen LogP contribution in [0.4, 0.5) is 4.39 Å². The van der Waals surface area contributed by atoms with Crippen molar-refractivity contribution in [2.75, 3.05) is 5.75 Å². The molecule has 1 rings (SSSR count). The number of thiol groups is 1. The number of hydrogen-bond donors (Lipinski definition) is 1. The van der Waals surface area contributed by atoms with Crippen molar-refractivity contribution in [3.05, 3.63) is 35.1 Å². The monoisotopic (exact) mass is 180 g/mol. The van der Waals surface area contributed by atoms with Crippen LogP contribution >= 0.6 is 12.6 Å². The predicted molar refractivity (Wildman–Crippen MR) is 51.9 cm³/mol. The largest absolute Gasteiger partial charge is 0.206 e. The molecule has 0 atom stereocenters. The maximum absolute atomic E-state index is 13.0. The summed E-state index contributed by atoms with van der Waals surface area (Å²) >= 11 is 3.91. The van der Waals surface area contributed by atoms with Crippen molar-refractivity contribution >= 4 is 12.6 Å². The molecular formula is C10H9FS. The van der Waals surface area contributed by atoms with Crippen molar-refractivity contribution < 1.29 is 4.39 Å². The molecule has 0 nitrogen and oxygen atoms in total. The molecule has 0 aliphatic carbocycles. The SMILES string of the molecule is Cc1ccc(C#CCS)c(F)c1. The molecule has 0 amide bonds. The maximum Gasteiger partial charge on any atom is 0.139 e. The van der Waals surface area contributed by atoms with Crippen molar-refractivity contribution in [3.8, 4) is 11.8 Å². The van der Waals surface area contributed by atoms with Gasteiger partial charge in [0.2, 0.25) is 0 Å². The summed E-state index contributed by atoms with van der Waals surface area (Å²) < 4.78 is 13.0. The standard InChI is InChI=1S/C10H9FS/c1-8-4-5-9(3-2-6-12)10(11)7-8/h4-5,7,12H,6H2,1H3. The number of hydrogen-bond acceptors (Lipinski definition) is 1. The molecule has 0 unspecified atom stereocenters. The summed E-state index contributed by atoms with van der Waals surface area (Å²) in [5, 5.41) is 0. The maximum atomic E-state index is 13.0. The molecule has 0 aromatic heterocycles. The Hall–Kier alpha value is -0.940. The first-order chi connectivity index (χ1) is 5.74. The number of aryl methyl sites for hydroxylation is 1. The highest BCUT2D eigenvalue weighted by atomic mass is 32.1. The zero-order chi connectivity index (χ0) is 8.97. The van der Waals surface area contributed by atoms with Crippen molar-refractivity contribution in [3.63, 3.8) is 0 Å². The van der Waals surface area contributed by atoms with Gasteiger partial charge in [-0.15, -0.1) is 0 Å². The zero-order valence-electron chi connectivity index (χ0n) is 6.76. The lowest BCUT2D eigenvalue weighted by Gasteiger charge is -1.94. The van der Waals surface area contributed by atoms with Gasteiger partial charge in [0.25, 0.3) is 0 Å². The molecule has 0 saturated heterocycles. The quantitative estimate of drug-likeness (QED) is 0.460. The molecule has 0 aliphatic rings. The third-order valence-corrected chi connectivity index (χ3v) is 1.58. The first-order valence-electron chi connectivity index (χ1n) is 3.60. The molecule has 12 heavy (non-hydrogen) atoms. The van der Waals surface area contributed by atoms with Gasteiger partial charge < -0.3 is 0 Å². The summed E-state index contributed by atoms with van der Waals surface area (Å²) in [6.45, 7) is 1.85. The Morgan fingerprint density at radius 2 is 2.25 bits per heavy atom. The Morgan fingerprint density at radius 3 is 2.83 bits per heavy atom. The normalized spacial score (nSPS) is 8.92. The van der Waals surface area contributed by atoms with Crippen LogP contribution < -0.4 is 0 Å². The highest BCUT2D eigenvalue weighted by Crippen LogP contribution is 2.07. The van der Waals surface area contributed by atoms with Gasteiger partial charge in [0.05, 0.1) is 11.3 Å². The Kier molecular flexibility index (Phi) is 3.19. The number of benzene rings is 1. The molecule has 0 aliphatic heterocycles. The molecule has 2 heteroatoms. The van der Waals surface area contributed by atoms with E-state index in [-0.39, 0.29) is 5.82 Å². The average Bonchev–Trinajstić information content (AvgIpc) is 2.03. The fraction of sp³-hybridized carbons (Fsp3) is 0.200. The highest BCUT2D eigenvalue weighted by molar-refractivity contribution is 7.80. The van der Waals surface area contributed by atoms with Crippen LogP contribution in [0, 0.1) is 24.6 Å². The predicted octanol–water partition coefficient (Wildman–Crippen LogP) is 2.42. The summed E-state index contributed by atoms with van der Waals surface area (Å²) in [6.07, 6.45) is 0. The second-order valence-electron chi connectivity index (χ2n) is 2.44. The van der Waals surface area contributed by atoms with Crippen molar-refractivity contribution in [2.45, 2.75) is 6.92 Å². The summed E-state index contributed by atoms with van der Waals surface area (Å²) in [7, 11) is 0. The topological polar surface area (TPSA) is 0 Å². The summed E-state index contributed by atoms with van der Waals surface area (Å²) in [4.78, 5) is 0. The summed E-state index contributed by atoms with van der Waals surface area (Å²) in [5.74, 6) is 5.58. The van der Waals surface area contributed by atoms with Crippen LogP contribution in [-0.4, -0.2) is 5.75 Å². The van der Waals surface area contributed by atoms with Gasteiger partial charge in [-0.3, -0.25) is 0 Å². The molecule has 0 saturated carbocycles. The van der Waals surface area contributed by atoms with Gasteiger partial charge >= 0.3 is 0 Å². The molecule has 1 aromatic rings. The summed E-state index contributed by atoms with van der Waals surface area (Å²) in [5.41, 5.74) is 1.35. The van der Waals surface area contributed by atoms with Crippen molar-refractivity contribution in [1.29, 1.82) is 0 Å². The van der Waals surface area contributed by atoms with Gasteiger partial charge in [0, 0.05) is 0 Å². The van der Waals surface area contributed by atoms with E-state index < -0.39 is 0 Å². The van der Waals surface area contributed by atoms with Crippen LogP contribution in [0.1, 0.15) is 11.1 Å². The van der Waals surface area contributed by atoms with E-state index >= 15 is 0 Å². The molecular weight excluding hydrogens is 171 g/mol. The second kappa shape index (κ2) is 4.18. The van der Waals surface area contributed by atoms with Gasteiger partial charge in [0.15, 0.2) is 0 Å². The first kappa shape index (κ1) is 9.15. The molecule has 0 heterocycles. The second-order valence-corrected chi connectivity index (χ2v) is 2.76. The minimum atomic E-state index is -0.260. The molecule has 0 spiro atoms. The van der Waals surface area contributed by atoms with Crippen LogP contribution in [0.2, 0.25) is 0 Å². The van der Waals surface area contributed by atoms with E-state index in [1.54, 1.807) is 6.07 Å².